The molecule has 25 heavy (non-hydrogen) atoms. The van der Waals surface area contributed by atoms with E-state index in [1.807, 2.05) is 42.9 Å². The summed E-state index contributed by atoms with van der Waals surface area (Å²) in [7, 11) is 0. The predicted octanol–water partition coefficient (Wildman–Crippen LogP) is 2.75. The summed E-state index contributed by atoms with van der Waals surface area (Å²) in [5, 5.41) is 10.8. The van der Waals surface area contributed by atoms with Crippen molar-refractivity contribution in [1.29, 1.82) is 0 Å². The number of aliphatic hydroxyl groups is 1. The third-order valence-corrected chi connectivity index (χ3v) is 4.97. The standard InChI is InChI=1S/C19H16N4O2/c24-18(11-5-6-14-15(7-11)22-19(25)21-14)8-16-12-3-1-2-4-13(12)17-9-20-10-23(16)17/h1-7,9-10,16,18,24H,8H2,(H2,21,22,25). The lowest BCUT2D eigenvalue weighted by Crippen LogP contribution is -2.10. The second-order valence-electron chi connectivity index (χ2n) is 6.42. The van der Waals surface area contributed by atoms with Crippen LogP contribution in [0.3, 0.4) is 0 Å². The van der Waals surface area contributed by atoms with Crippen LogP contribution in [0.25, 0.3) is 22.3 Å². The van der Waals surface area contributed by atoms with Gasteiger partial charge in [-0.3, -0.25) is 0 Å². The Morgan fingerprint density at radius 2 is 2.00 bits per heavy atom. The van der Waals surface area contributed by atoms with Crippen molar-refractivity contribution in [3.63, 3.8) is 0 Å². The molecule has 2 aromatic carbocycles. The van der Waals surface area contributed by atoms with Crippen LogP contribution in [0.4, 0.5) is 0 Å². The summed E-state index contributed by atoms with van der Waals surface area (Å²) in [6.07, 6.45) is 3.58. The van der Waals surface area contributed by atoms with Crippen molar-refractivity contribution in [2.75, 3.05) is 0 Å². The van der Waals surface area contributed by atoms with E-state index < -0.39 is 6.10 Å². The minimum atomic E-state index is -0.644. The quantitative estimate of drug-likeness (QED) is 0.539. The van der Waals surface area contributed by atoms with Crippen LogP contribution in [-0.4, -0.2) is 24.6 Å². The van der Waals surface area contributed by atoms with E-state index in [0.29, 0.717) is 11.9 Å². The topological polar surface area (TPSA) is 86.7 Å². The van der Waals surface area contributed by atoms with Gasteiger partial charge >= 0.3 is 5.69 Å². The molecule has 0 bridgehead atoms. The number of hydrogen-bond donors (Lipinski definition) is 3. The van der Waals surface area contributed by atoms with Gasteiger partial charge in [0, 0.05) is 12.0 Å². The van der Waals surface area contributed by atoms with Crippen LogP contribution in [-0.2, 0) is 0 Å². The monoisotopic (exact) mass is 332 g/mol. The van der Waals surface area contributed by atoms with Gasteiger partial charge in [-0.25, -0.2) is 9.78 Å². The Labute approximate surface area is 142 Å². The molecule has 3 heterocycles. The molecule has 0 spiro atoms. The van der Waals surface area contributed by atoms with Crippen molar-refractivity contribution < 1.29 is 5.11 Å². The van der Waals surface area contributed by atoms with Gasteiger partial charge in [-0.1, -0.05) is 30.3 Å². The van der Waals surface area contributed by atoms with E-state index >= 15 is 0 Å². The SMILES string of the molecule is O=c1[nH]c2ccc(C(O)CC3c4ccccc4-c4cncn43)cc2[nH]1. The fourth-order valence-electron chi connectivity index (χ4n) is 3.78. The van der Waals surface area contributed by atoms with Crippen LogP contribution in [0.2, 0.25) is 0 Å². The molecule has 0 fully saturated rings. The van der Waals surface area contributed by atoms with Crippen molar-refractivity contribution in [2.24, 2.45) is 0 Å². The summed E-state index contributed by atoms with van der Waals surface area (Å²) in [6.45, 7) is 0. The number of nitrogens with zero attached hydrogens (tertiary/aromatic N) is 2. The molecule has 3 N–H and O–H groups in total. The van der Waals surface area contributed by atoms with Gasteiger partial charge in [0.05, 0.1) is 41.4 Å². The van der Waals surface area contributed by atoms with Gasteiger partial charge in [-0.15, -0.1) is 0 Å². The molecule has 0 amide bonds. The largest absolute Gasteiger partial charge is 0.388 e. The summed E-state index contributed by atoms with van der Waals surface area (Å²) >= 11 is 0. The van der Waals surface area contributed by atoms with Crippen molar-refractivity contribution in [3.05, 3.63) is 76.6 Å². The van der Waals surface area contributed by atoms with Crippen LogP contribution >= 0.6 is 0 Å². The minimum Gasteiger partial charge on any atom is -0.388 e. The first-order valence-electron chi connectivity index (χ1n) is 8.22. The highest BCUT2D eigenvalue weighted by Gasteiger charge is 2.30. The zero-order valence-electron chi connectivity index (χ0n) is 13.3. The first-order valence-corrected chi connectivity index (χ1v) is 8.22. The van der Waals surface area contributed by atoms with E-state index in [1.54, 1.807) is 0 Å². The Kier molecular flexibility index (Phi) is 2.96. The number of aromatic nitrogens is 4. The molecule has 0 saturated heterocycles. The first-order chi connectivity index (χ1) is 12.2. The molecule has 2 atom stereocenters. The van der Waals surface area contributed by atoms with Crippen LogP contribution in [0.5, 0.6) is 0 Å². The molecule has 5 rings (SSSR count). The fraction of sp³-hybridized carbons (Fsp3) is 0.158. The molecule has 2 aromatic heterocycles. The second kappa shape index (κ2) is 5.19. The molecular formula is C19H16N4O2. The second-order valence-corrected chi connectivity index (χ2v) is 6.42. The average molecular weight is 332 g/mol. The highest BCUT2D eigenvalue weighted by molar-refractivity contribution is 5.75. The van der Waals surface area contributed by atoms with Gasteiger partial charge in [0.1, 0.15) is 0 Å². The Balaban J connectivity index is 1.51. The molecule has 0 aliphatic carbocycles. The lowest BCUT2D eigenvalue weighted by molar-refractivity contribution is 0.154. The van der Waals surface area contributed by atoms with Gasteiger partial charge in [0.15, 0.2) is 0 Å². The number of benzene rings is 2. The van der Waals surface area contributed by atoms with E-state index in [-0.39, 0.29) is 11.7 Å². The smallest absolute Gasteiger partial charge is 0.323 e. The van der Waals surface area contributed by atoms with E-state index in [0.717, 1.165) is 16.8 Å². The minimum absolute atomic E-state index is 0.0460. The maximum atomic E-state index is 11.4. The number of rotatable bonds is 3. The fourth-order valence-corrected chi connectivity index (χ4v) is 3.78. The number of hydrogen-bond acceptors (Lipinski definition) is 3. The Morgan fingerprint density at radius 3 is 2.92 bits per heavy atom. The average Bonchev–Trinajstić information content (AvgIpc) is 3.29. The van der Waals surface area contributed by atoms with Crippen LogP contribution in [0, 0.1) is 0 Å². The lowest BCUT2D eigenvalue weighted by atomic mass is 9.95. The van der Waals surface area contributed by atoms with Gasteiger partial charge in [-0.2, -0.15) is 0 Å². The summed E-state index contributed by atoms with van der Waals surface area (Å²) < 4.78 is 2.12. The van der Waals surface area contributed by atoms with Crippen molar-refractivity contribution in [3.8, 4) is 11.3 Å². The summed E-state index contributed by atoms with van der Waals surface area (Å²) in [5.41, 5.74) is 5.44. The zero-order chi connectivity index (χ0) is 17.0. The van der Waals surface area contributed by atoms with E-state index in [2.05, 4.69) is 31.7 Å². The number of H-pyrrole nitrogens is 2. The van der Waals surface area contributed by atoms with Crippen LogP contribution in [0.1, 0.15) is 29.7 Å². The first kappa shape index (κ1) is 14.2. The number of imidazole rings is 2. The van der Waals surface area contributed by atoms with E-state index in [4.69, 9.17) is 0 Å². The normalized spacial score (nSPS) is 16.8. The summed E-state index contributed by atoms with van der Waals surface area (Å²) in [4.78, 5) is 21.1. The van der Waals surface area contributed by atoms with Gasteiger partial charge in [-0.05, 0) is 23.3 Å². The Bertz CT molecular complexity index is 1140. The molecule has 1 aliphatic heterocycles. The Hall–Kier alpha value is -3.12. The van der Waals surface area contributed by atoms with Gasteiger partial charge in [0.2, 0.25) is 0 Å². The predicted molar refractivity (Wildman–Crippen MR) is 94.3 cm³/mol. The highest BCUT2D eigenvalue weighted by atomic mass is 16.3. The summed E-state index contributed by atoms with van der Waals surface area (Å²) in [6, 6.07) is 13.8. The maximum Gasteiger partial charge on any atom is 0.323 e. The molecule has 2 unspecified atom stereocenters. The molecule has 0 saturated carbocycles. The van der Waals surface area contributed by atoms with Crippen LogP contribution < -0.4 is 5.69 Å². The third kappa shape index (κ3) is 2.15. The van der Waals surface area contributed by atoms with Gasteiger partial charge < -0.3 is 19.6 Å². The molecule has 6 heteroatoms. The molecule has 0 radical (unpaired) electrons. The molecule has 1 aliphatic rings. The van der Waals surface area contributed by atoms with Crippen LogP contribution in [0.15, 0.2) is 59.8 Å². The van der Waals surface area contributed by atoms with Crippen molar-refractivity contribution in [1.82, 2.24) is 19.5 Å². The molecule has 4 aromatic rings. The number of fused-ring (bicyclic) bond motifs is 4. The Morgan fingerprint density at radius 1 is 1.16 bits per heavy atom. The number of aliphatic hydroxyl groups excluding tert-OH is 1. The van der Waals surface area contributed by atoms with E-state index in [9.17, 15) is 9.90 Å². The molecule has 124 valence electrons. The van der Waals surface area contributed by atoms with Crippen molar-refractivity contribution >= 4 is 11.0 Å². The summed E-state index contributed by atoms with van der Waals surface area (Å²) in [5.74, 6) is 0. The molecular weight excluding hydrogens is 316 g/mol. The number of aromatic amines is 2. The molecule has 6 nitrogen and oxygen atoms in total. The van der Waals surface area contributed by atoms with E-state index in [1.165, 1.54) is 11.1 Å². The lowest BCUT2D eigenvalue weighted by Gasteiger charge is -2.19. The van der Waals surface area contributed by atoms with Crippen molar-refractivity contribution in [2.45, 2.75) is 18.6 Å². The maximum absolute atomic E-state index is 11.4. The zero-order valence-corrected chi connectivity index (χ0v) is 13.3. The highest BCUT2D eigenvalue weighted by Crippen LogP contribution is 2.42. The van der Waals surface area contributed by atoms with Gasteiger partial charge in [0.25, 0.3) is 0 Å². The third-order valence-electron chi connectivity index (χ3n) is 4.97. The number of nitrogens with one attached hydrogen (secondary N) is 2.